The number of anilines is 1. The molecule has 1 saturated heterocycles. The number of rotatable bonds is 4. The Kier molecular flexibility index (Phi) is 3.52. The standard InChI is InChI=1S/C15H22N2O/c1-2-16-14-11-18-10-13(14)9-17-8-7-12-5-3-4-6-15(12)17/h3-6,13-14,16H,2,7-11H2,1H3. The number of para-hydroxylation sites is 1. The molecule has 0 aromatic heterocycles. The van der Waals surface area contributed by atoms with Crippen molar-refractivity contribution >= 4 is 5.69 Å². The summed E-state index contributed by atoms with van der Waals surface area (Å²) in [7, 11) is 0. The summed E-state index contributed by atoms with van der Waals surface area (Å²) in [5.74, 6) is 0.621. The van der Waals surface area contributed by atoms with Crippen molar-refractivity contribution in [3.8, 4) is 0 Å². The fourth-order valence-electron chi connectivity index (χ4n) is 3.15. The van der Waals surface area contributed by atoms with Gasteiger partial charge in [0.1, 0.15) is 0 Å². The normalized spacial score (nSPS) is 26.6. The molecule has 3 rings (SSSR count). The molecule has 3 heteroatoms. The lowest BCUT2D eigenvalue weighted by atomic mass is 10.0. The predicted octanol–water partition coefficient (Wildman–Crippen LogP) is 1.67. The Labute approximate surface area is 109 Å². The summed E-state index contributed by atoms with van der Waals surface area (Å²) in [6, 6.07) is 9.32. The summed E-state index contributed by atoms with van der Waals surface area (Å²) in [6.07, 6.45) is 1.19. The SMILES string of the molecule is CCNC1COCC1CN1CCc2ccccc21. The fraction of sp³-hybridized carbons (Fsp3) is 0.600. The minimum absolute atomic E-state index is 0.530. The van der Waals surface area contributed by atoms with E-state index in [0.29, 0.717) is 12.0 Å². The van der Waals surface area contributed by atoms with E-state index in [0.717, 1.165) is 32.8 Å². The summed E-state index contributed by atoms with van der Waals surface area (Å²) >= 11 is 0. The molecule has 0 bridgehead atoms. The molecular weight excluding hydrogens is 224 g/mol. The second kappa shape index (κ2) is 5.29. The largest absolute Gasteiger partial charge is 0.379 e. The number of fused-ring (bicyclic) bond motifs is 1. The molecule has 1 aromatic carbocycles. The molecule has 1 N–H and O–H groups in total. The van der Waals surface area contributed by atoms with Gasteiger partial charge in [-0.1, -0.05) is 25.1 Å². The van der Waals surface area contributed by atoms with Gasteiger partial charge in [0, 0.05) is 30.7 Å². The Morgan fingerprint density at radius 1 is 1.33 bits per heavy atom. The first-order chi connectivity index (χ1) is 8.88. The highest BCUT2D eigenvalue weighted by Gasteiger charge is 2.30. The highest BCUT2D eigenvalue weighted by atomic mass is 16.5. The van der Waals surface area contributed by atoms with Gasteiger partial charge in [-0.25, -0.2) is 0 Å². The third-order valence-electron chi connectivity index (χ3n) is 4.10. The second-order valence-electron chi connectivity index (χ2n) is 5.29. The molecule has 1 fully saturated rings. The van der Waals surface area contributed by atoms with Crippen molar-refractivity contribution in [3.05, 3.63) is 29.8 Å². The summed E-state index contributed by atoms with van der Waals surface area (Å²) in [5, 5.41) is 3.54. The third-order valence-corrected chi connectivity index (χ3v) is 4.10. The van der Waals surface area contributed by atoms with Crippen LogP contribution in [0.5, 0.6) is 0 Å². The smallest absolute Gasteiger partial charge is 0.0624 e. The summed E-state index contributed by atoms with van der Waals surface area (Å²) in [5.41, 5.74) is 2.93. The van der Waals surface area contributed by atoms with Crippen LogP contribution < -0.4 is 10.2 Å². The number of nitrogens with zero attached hydrogens (tertiary/aromatic N) is 1. The minimum atomic E-state index is 0.530. The molecule has 2 heterocycles. The van der Waals surface area contributed by atoms with Crippen LogP contribution in [0.15, 0.2) is 24.3 Å². The van der Waals surface area contributed by atoms with Gasteiger partial charge in [-0.2, -0.15) is 0 Å². The molecule has 98 valence electrons. The van der Waals surface area contributed by atoms with Crippen molar-refractivity contribution in [2.45, 2.75) is 19.4 Å². The number of hydrogen-bond acceptors (Lipinski definition) is 3. The first kappa shape index (κ1) is 12.0. The minimum Gasteiger partial charge on any atom is -0.379 e. The monoisotopic (exact) mass is 246 g/mol. The van der Waals surface area contributed by atoms with E-state index in [1.165, 1.54) is 17.7 Å². The lowest BCUT2D eigenvalue weighted by molar-refractivity contribution is 0.183. The Hall–Kier alpha value is -1.06. The summed E-state index contributed by atoms with van der Waals surface area (Å²) in [4.78, 5) is 2.53. The van der Waals surface area contributed by atoms with Crippen LogP contribution in [0.2, 0.25) is 0 Å². The fourth-order valence-corrected chi connectivity index (χ4v) is 3.15. The quantitative estimate of drug-likeness (QED) is 0.874. The average molecular weight is 246 g/mol. The van der Waals surface area contributed by atoms with E-state index in [4.69, 9.17) is 4.74 Å². The van der Waals surface area contributed by atoms with Crippen molar-refractivity contribution in [1.29, 1.82) is 0 Å². The van der Waals surface area contributed by atoms with Gasteiger partial charge < -0.3 is 15.0 Å². The van der Waals surface area contributed by atoms with E-state index in [-0.39, 0.29) is 0 Å². The highest BCUT2D eigenvalue weighted by molar-refractivity contribution is 5.57. The topological polar surface area (TPSA) is 24.5 Å². The van der Waals surface area contributed by atoms with Crippen LogP contribution in [0, 0.1) is 5.92 Å². The second-order valence-corrected chi connectivity index (χ2v) is 5.29. The Morgan fingerprint density at radius 3 is 3.11 bits per heavy atom. The number of hydrogen-bond donors (Lipinski definition) is 1. The van der Waals surface area contributed by atoms with E-state index < -0.39 is 0 Å². The van der Waals surface area contributed by atoms with Crippen LogP contribution in [0.4, 0.5) is 5.69 Å². The molecule has 1 aromatic rings. The molecule has 2 aliphatic heterocycles. The van der Waals surface area contributed by atoms with Gasteiger partial charge in [0.2, 0.25) is 0 Å². The van der Waals surface area contributed by atoms with Crippen LogP contribution >= 0.6 is 0 Å². The van der Waals surface area contributed by atoms with Gasteiger partial charge >= 0.3 is 0 Å². The van der Waals surface area contributed by atoms with Crippen LogP contribution in [0.25, 0.3) is 0 Å². The Bertz CT molecular complexity index is 407. The van der Waals surface area contributed by atoms with Gasteiger partial charge in [0.25, 0.3) is 0 Å². The molecule has 0 amide bonds. The molecule has 2 atom stereocenters. The van der Waals surface area contributed by atoms with E-state index in [2.05, 4.69) is 41.4 Å². The summed E-state index contributed by atoms with van der Waals surface area (Å²) < 4.78 is 5.63. The first-order valence-corrected chi connectivity index (χ1v) is 7.02. The zero-order chi connectivity index (χ0) is 12.4. The molecule has 2 aliphatic rings. The van der Waals surface area contributed by atoms with E-state index >= 15 is 0 Å². The maximum absolute atomic E-state index is 5.63. The molecule has 0 saturated carbocycles. The third kappa shape index (κ3) is 2.25. The van der Waals surface area contributed by atoms with Crippen molar-refractivity contribution < 1.29 is 4.74 Å². The van der Waals surface area contributed by atoms with E-state index in [1.807, 2.05) is 0 Å². The van der Waals surface area contributed by atoms with Crippen molar-refractivity contribution in [2.75, 3.05) is 37.7 Å². The van der Waals surface area contributed by atoms with Gasteiger partial charge in [0.05, 0.1) is 13.2 Å². The first-order valence-electron chi connectivity index (χ1n) is 7.02. The zero-order valence-electron chi connectivity index (χ0n) is 11.1. The number of benzene rings is 1. The lowest BCUT2D eigenvalue weighted by Gasteiger charge is -2.26. The lowest BCUT2D eigenvalue weighted by Crippen LogP contribution is -2.41. The van der Waals surface area contributed by atoms with Gasteiger partial charge in [-0.05, 0) is 24.6 Å². The van der Waals surface area contributed by atoms with Crippen LogP contribution in [-0.4, -0.2) is 38.9 Å². The Morgan fingerprint density at radius 2 is 2.22 bits per heavy atom. The van der Waals surface area contributed by atoms with Crippen LogP contribution in [0.1, 0.15) is 12.5 Å². The molecule has 2 unspecified atom stereocenters. The number of likely N-dealkylation sites (N-methyl/N-ethyl adjacent to an activating group) is 1. The van der Waals surface area contributed by atoms with Crippen molar-refractivity contribution in [3.63, 3.8) is 0 Å². The highest BCUT2D eigenvalue weighted by Crippen LogP contribution is 2.29. The molecule has 3 nitrogen and oxygen atoms in total. The van der Waals surface area contributed by atoms with Crippen LogP contribution in [-0.2, 0) is 11.2 Å². The average Bonchev–Trinajstić information content (AvgIpc) is 2.99. The maximum atomic E-state index is 5.63. The maximum Gasteiger partial charge on any atom is 0.0624 e. The number of nitrogens with one attached hydrogen (secondary N) is 1. The van der Waals surface area contributed by atoms with Crippen LogP contribution in [0.3, 0.4) is 0 Å². The number of ether oxygens (including phenoxy) is 1. The van der Waals surface area contributed by atoms with Crippen molar-refractivity contribution in [2.24, 2.45) is 5.92 Å². The van der Waals surface area contributed by atoms with E-state index in [9.17, 15) is 0 Å². The van der Waals surface area contributed by atoms with Gasteiger partial charge in [0.15, 0.2) is 0 Å². The molecule has 0 spiro atoms. The Balaban J connectivity index is 1.67. The molecule has 0 aliphatic carbocycles. The van der Waals surface area contributed by atoms with Gasteiger partial charge in [-0.3, -0.25) is 0 Å². The van der Waals surface area contributed by atoms with E-state index in [1.54, 1.807) is 0 Å². The zero-order valence-corrected chi connectivity index (χ0v) is 11.1. The molecular formula is C15H22N2O. The van der Waals surface area contributed by atoms with Gasteiger partial charge in [-0.15, -0.1) is 0 Å². The van der Waals surface area contributed by atoms with Crippen molar-refractivity contribution in [1.82, 2.24) is 5.32 Å². The molecule has 18 heavy (non-hydrogen) atoms. The molecule has 0 radical (unpaired) electrons. The summed E-state index contributed by atoms with van der Waals surface area (Å²) in [6.45, 7) is 7.25. The predicted molar refractivity (Wildman–Crippen MR) is 74.1 cm³/mol.